The van der Waals surface area contributed by atoms with Crippen LogP contribution in [0.15, 0.2) is 64.2 Å². The number of carbonyl (C=O) groups is 1. The maximum Gasteiger partial charge on any atom is 0.251 e. The summed E-state index contributed by atoms with van der Waals surface area (Å²) in [5, 5.41) is 10.7. The Hall–Kier alpha value is -3.22. The van der Waals surface area contributed by atoms with Crippen LogP contribution in [0.2, 0.25) is 0 Å². The molecular formula is C24H30FN5O. The topological polar surface area (TPSA) is 71.3 Å². The van der Waals surface area contributed by atoms with Crippen LogP contribution in [0.3, 0.4) is 0 Å². The predicted octanol–water partition coefficient (Wildman–Crippen LogP) is 4.43. The normalized spacial score (nSPS) is 15.0. The lowest BCUT2D eigenvalue weighted by Gasteiger charge is -2.20. The van der Waals surface area contributed by atoms with Gasteiger partial charge in [0, 0.05) is 35.0 Å². The molecule has 1 aliphatic rings. The second-order valence-corrected chi connectivity index (χ2v) is 8.35. The Labute approximate surface area is 183 Å². The Morgan fingerprint density at radius 2 is 1.97 bits per heavy atom. The van der Waals surface area contributed by atoms with E-state index in [9.17, 15) is 9.18 Å². The summed E-state index contributed by atoms with van der Waals surface area (Å²) in [6, 6.07) is 6.09. The molecule has 0 unspecified atom stereocenters. The Kier molecular flexibility index (Phi) is 6.73. The molecule has 7 heteroatoms. The highest BCUT2D eigenvalue weighted by Gasteiger charge is 2.38. The van der Waals surface area contributed by atoms with Crippen LogP contribution in [0.5, 0.6) is 0 Å². The molecule has 1 fully saturated rings. The molecule has 2 aromatic rings. The van der Waals surface area contributed by atoms with E-state index in [1.165, 1.54) is 12.1 Å². The first kappa shape index (κ1) is 22.5. The van der Waals surface area contributed by atoms with Crippen molar-refractivity contribution in [1.29, 1.82) is 0 Å². The number of aliphatic imine (C=N–C) groups is 1. The van der Waals surface area contributed by atoms with E-state index in [1.807, 2.05) is 27.0 Å². The van der Waals surface area contributed by atoms with E-state index in [0.29, 0.717) is 24.4 Å². The Bertz CT molecular complexity index is 1020. The molecule has 1 amide bonds. The summed E-state index contributed by atoms with van der Waals surface area (Å²) >= 11 is 0. The molecule has 0 bridgehead atoms. The summed E-state index contributed by atoms with van der Waals surface area (Å²) in [6.07, 6.45) is 6.33. The molecule has 6 nitrogen and oxygen atoms in total. The number of hydrogen-bond donors (Lipinski definition) is 2. The molecule has 1 heterocycles. The quantitative estimate of drug-likeness (QED) is 0.356. The number of benzene rings is 1. The van der Waals surface area contributed by atoms with Crippen LogP contribution in [-0.2, 0) is 11.3 Å². The predicted molar refractivity (Wildman–Crippen MR) is 121 cm³/mol. The van der Waals surface area contributed by atoms with E-state index < -0.39 is 0 Å². The first-order valence-corrected chi connectivity index (χ1v) is 10.5. The lowest BCUT2D eigenvalue weighted by Crippen LogP contribution is -2.30. The molecule has 1 aromatic carbocycles. The molecule has 164 valence electrons. The van der Waals surface area contributed by atoms with Gasteiger partial charge in [-0.1, -0.05) is 12.5 Å². The SMILES string of the molecule is C=N/C(NC1(C)CC1)=C(\CC)C(C(=O)NCc1cnn(-c2ccc(F)cc2)c1)=C(C)C. The van der Waals surface area contributed by atoms with E-state index in [2.05, 4.69) is 34.4 Å². The Balaban J connectivity index is 1.75. The van der Waals surface area contributed by atoms with E-state index in [1.54, 1.807) is 23.0 Å². The Morgan fingerprint density at radius 1 is 1.29 bits per heavy atom. The largest absolute Gasteiger partial charge is 0.365 e. The number of allylic oxidation sites excluding steroid dienone is 1. The van der Waals surface area contributed by atoms with Crippen LogP contribution < -0.4 is 10.6 Å². The highest BCUT2D eigenvalue weighted by molar-refractivity contribution is 5.98. The number of amides is 1. The first-order valence-electron chi connectivity index (χ1n) is 10.5. The monoisotopic (exact) mass is 423 g/mol. The van der Waals surface area contributed by atoms with Gasteiger partial charge in [0.2, 0.25) is 0 Å². The summed E-state index contributed by atoms with van der Waals surface area (Å²) in [5.74, 6) is 0.226. The summed E-state index contributed by atoms with van der Waals surface area (Å²) in [7, 11) is 0. The van der Waals surface area contributed by atoms with Crippen molar-refractivity contribution in [2.24, 2.45) is 4.99 Å². The molecule has 0 spiro atoms. The highest BCUT2D eigenvalue weighted by Crippen LogP contribution is 2.36. The zero-order valence-corrected chi connectivity index (χ0v) is 18.6. The minimum atomic E-state index is -0.295. The molecule has 2 N–H and O–H groups in total. The summed E-state index contributed by atoms with van der Waals surface area (Å²) in [4.78, 5) is 17.3. The number of halogens is 1. The summed E-state index contributed by atoms with van der Waals surface area (Å²) in [5.41, 5.74) is 4.05. The number of carbonyl (C=O) groups excluding carboxylic acids is 1. The standard InChI is InChI=1S/C24H30FN5O/c1-6-20(22(26-5)29-24(4)11-12-24)21(16(2)3)23(31)27-13-17-14-28-30(15-17)19-9-7-18(25)8-10-19/h7-10,14-15,29H,5-6,11-13H2,1-4H3,(H,27,31)/b22-20-. The summed E-state index contributed by atoms with van der Waals surface area (Å²) in [6.45, 7) is 12.1. The fourth-order valence-corrected chi connectivity index (χ4v) is 3.39. The van der Waals surface area contributed by atoms with Gasteiger partial charge in [0.15, 0.2) is 0 Å². The number of aromatic nitrogens is 2. The molecule has 0 radical (unpaired) electrons. The molecule has 0 saturated heterocycles. The zero-order valence-electron chi connectivity index (χ0n) is 18.6. The third-order valence-corrected chi connectivity index (χ3v) is 5.43. The number of nitrogens with zero attached hydrogens (tertiary/aromatic N) is 3. The van der Waals surface area contributed by atoms with Gasteiger partial charge in [0.05, 0.1) is 11.9 Å². The van der Waals surface area contributed by atoms with Gasteiger partial charge < -0.3 is 10.6 Å². The molecule has 3 rings (SSSR count). The van der Waals surface area contributed by atoms with Crippen LogP contribution in [-0.4, -0.2) is 27.9 Å². The third-order valence-electron chi connectivity index (χ3n) is 5.43. The van der Waals surface area contributed by atoms with E-state index in [0.717, 1.165) is 35.2 Å². The molecule has 1 aromatic heterocycles. The average Bonchev–Trinajstić information content (AvgIpc) is 3.28. The fraction of sp³-hybridized carbons (Fsp3) is 0.375. The lowest BCUT2D eigenvalue weighted by atomic mass is 9.97. The van der Waals surface area contributed by atoms with Gasteiger partial charge in [-0.3, -0.25) is 4.79 Å². The molecule has 0 aliphatic heterocycles. The van der Waals surface area contributed by atoms with Crippen molar-refractivity contribution < 1.29 is 9.18 Å². The van der Waals surface area contributed by atoms with Crippen molar-refractivity contribution >= 4 is 12.6 Å². The smallest absolute Gasteiger partial charge is 0.251 e. The van der Waals surface area contributed by atoms with Crippen LogP contribution in [0.4, 0.5) is 4.39 Å². The van der Waals surface area contributed by atoms with Gasteiger partial charge in [0.25, 0.3) is 5.91 Å². The van der Waals surface area contributed by atoms with Gasteiger partial charge in [-0.2, -0.15) is 5.10 Å². The second-order valence-electron chi connectivity index (χ2n) is 8.35. The maximum atomic E-state index is 13.1. The van der Waals surface area contributed by atoms with Gasteiger partial charge >= 0.3 is 0 Å². The van der Waals surface area contributed by atoms with Crippen LogP contribution in [0.25, 0.3) is 5.69 Å². The Morgan fingerprint density at radius 3 is 2.52 bits per heavy atom. The van der Waals surface area contributed by atoms with Crippen molar-refractivity contribution in [2.45, 2.75) is 59.0 Å². The van der Waals surface area contributed by atoms with Gasteiger partial charge in [-0.15, -0.1) is 0 Å². The molecule has 1 saturated carbocycles. The van der Waals surface area contributed by atoms with Gasteiger partial charge in [-0.05, 0) is 71.0 Å². The molecule has 31 heavy (non-hydrogen) atoms. The number of hydrogen-bond acceptors (Lipinski definition) is 4. The van der Waals surface area contributed by atoms with Gasteiger partial charge in [-0.25, -0.2) is 14.1 Å². The van der Waals surface area contributed by atoms with Gasteiger partial charge in [0.1, 0.15) is 11.6 Å². The minimum Gasteiger partial charge on any atom is -0.365 e. The first-order chi connectivity index (χ1) is 14.8. The van der Waals surface area contributed by atoms with Crippen molar-refractivity contribution in [1.82, 2.24) is 20.4 Å². The molecule has 0 atom stereocenters. The highest BCUT2D eigenvalue weighted by atomic mass is 19.1. The number of nitrogens with one attached hydrogen (secondary N) is 2. The van der Waals surface area contributed by atoms with Crippen molar-refractivity contribution in [3.63, 3.8) is 0 Å². The van der Waals surface area contributed by atoms with E-state index >= 15 is 0 Å². The average molecular weight is 424 g/mol. The van der Waals surface area contributed by atoms with Crippen molar-refractivity contribution in [3.05, 3.63) is 70.6 Å². The van der Waals surface area contributed by atoms with Crippen molar-refractivity contribution in [2.75, 3.05) is 0 Å². The second kappa shape index (κ2) is 9.29. The van der Waals surface area contributed by atoms with Crippen LogP contribution >= 0.6 is 0 Å². The van der Waals surface area contributed by atoms with Crippen LogP contribution in [0, 0.1) is 5.82 Å². The van der Waals surface area contributed by atoms with E-state index in [-0.39, 0.29) is 17.3 Å². The summed E-state index contributed by atoms with van der Waals surface area (Å²) < 4.78 is 14.8. The van der Waals surface area contributed by atoms with E-state index in [4.69, 9.17) is 0 Å². The van der Waals surface area contributed by atoms with Crippen molar-refractivity contribution in [3.8, 4) is 5.69 Å². The zero-order chi connectivity index (χ0) is 22.6. The minimum absolute atomic E-state index is 0.0368. The van der Waals surface area contributed by atoms with Crippen LogP contribution in [0.1, 0.15) is 52.5 Å². The number of rotatable bonds is 9. The third kappa shape index (κ3) is 5.48. The fourth-order valence-electron chi connectivity index (χ4n) is 3.39. The molecule has 1 aliphatic carbocycles. The molecular weight excluding hydrogens is 393 g/mol. The lowest BCUT2D eigenvalue weighted by molar-refractivity contribution is -0.117. The maximum absolute atomic E-state index is 13.1.